The Labute approximate surface area is 96.5 Å². The summed E-state index contributed by atoms with van der Waals surface area (Å²) >= 11 is 0. The fourth-order valence-corrected chi connectivity index (χ4v) is 1.27. The van der Waals surface area contributed by atoms with Crippen molar-refractivity contribution in [2.45, 2.75) is 6.54 Å². The van der Waals surface area contributed by atoms with Crippen molar-refractivity contribution < 1.29 is 8.78 Å². The van der Waals surface area contributed by atoms with E-state index in [0.29, 0.717) is 23.7 Å². The van der Waals surface area contributed by atoms with Gasteiger partial charge in [-0.25, -0.2) is 18.7 Å². The van der Waals surface area contributed by atoms with Crippen molar-refractivity contribution in [2.24, 2.45) is 0 Å². The summed E-state index contributed by atoms with van der Waals surface area (Å²) in [4.78, 5) is 7.81. The molecule has 0 fully saturated rings. The van der Waals surface area contributed by atoms with E-state index in [-0.39, 0.29) is 0 Å². The predicted molar refractivity (Wildman–Crippen MR) is 60.1 cm³/mol. The van der Waals surface area contributed by atoms with Crippen molar-refractivity contribution in [3.8, 4) is 0 Å². The Morgan fingerprint density at radius 2 is 1.94 bits per heavy atom. The molecule has 17 heavy (non-hydrogen) atoms. The standard InChI is InChI=1S/C11H10F2N4/c12-8-2-1-7(3-9(8)13)4-16-11-6-15-10(14)5-17-11/h1-3,5-6H,4H2,(H2,14,15)(H,16,17). The highest BCUT2D eigenvalue weighted by atomic mass is 19.2. The lowest BCUT2D eigenvalue weighted by molar-refractivity contribution is 0.507. The van der Waals surface area contributed by atoms with Crippen LogP contribution in [0.15, 0.2) is 30.6 Å². The summed E-state index contributed by atoms with van der Waals surface area (Å²) in [6.45, 7) is 0.329. The first-order valence-corrected chi connectivity index (χ1v) is 4.90. The van der Waals surface area contributed by atoms with E-state index in [1.807, 2.05) is 0 Å². The van der Waals surface area contributed by atoms with E-state index in [4.69, 9.17) is 5.73 Å². The molecule has 0 aliphatic rings. The summed E-state index contributed by atoms with van der Waals surface area (Å²) in [5, 5.41) is 2.92. The molecule has 0 unspecified atom stereocenters. The van der Waals surface area contributed by atoms with Crippen LogP contribution in [0.2, 0.25) is 0 Å². The fourth-order valence-electron chi connectivity index (χ4n) is 1.27. The summed E-state index contributed by atoms with van der Waals surface area (Å²) in [7, 11) is 0. The number of nitrogens with one attached hydrogen (secondary N) is 1. The lowest BCUT2D eigenvalue weighted by atomic mass is 10.2. The highest BCUT2D eigenvalue weighted by Gasteiger charge is 2.02. The second-order valence-corrected chi connectivity index (χ2v) is 3.43. The molecule has 1 aromatic heterocycles. The summed E-state index contributed by atoms with van der Waals surface area (Å²) in [5.74, 6) is -0.888. The lowest BCUT2D eigenvalue weighted by Gasteiger charge is -2.05. The minimum absolute atomic E-state index is 0.323. The molecule has 1 aromatic carbocycles. The molecule has 88 valence electrons. The van der Waals surface area contributed by atoms with Crippen LogP contribution >= 0.6 is 0 Å². The van der Waals surface area contributed by atoms with Gasteiger partial charge in [0.05, 0.1) is 12.4 Å². The Hall–Kier alpha value is -2.24. The van der Waals surface area contributed by atoms with Gasteiger partial charge in [0, 0.05) is 6.54 Å². The number of anilines is 2. The van der Waals surface area contributed by atoms with E-state index < -0.39 is 11.6 Å². The van der Waals surface area contributed by atoms with Crippen LogP contribution in [-0.4, -0.2) is 9.97 Å². The molecular formula is C11H10F2N4. The van der Waals surface area contributed by atoms with Crippen molar-refractivity contribution in [1.29, 1.82) is 0 Å². The van der Waals surface area contributed by atoms with Crippen LogP contribution in [0.3, 0.4) is 0 Å². The SMILES string of the molecule is Nc1cnc(NCc2ccc(F)c(F)c2)cn1. The maximum Gasteiger partial charge on any atom is 0.159 e. The normalized spacial score (nSPS) is 10.2. The number of benzene rings is 1. The molecule has 1 heterocycles. The number of halogens is 2. The number of hydrogen-bond acceptors (Lipinski definition) is 4. The molecule has 2 rings (SSSR count). The van der Waals surface area contributed by atoms with Gasteiger partial charge in [0.25, 0.3) is 0 Å². The Morgan fingerprint density at radius 1 is 1.12 bits per heavy atom. The number of aromatic nitrogens is 2. The maximum atomic E-state index is 12.9. The first kappa shape index (κ1) is 11.3. The topological polar surface area (TPSA) is 63.8 Å². The quantitative estimate of drug-likeness (QED) is 0.854. The Kier molecular flexibility index (Phi) is 3.13. The molecule has 0 amide bonds. The largest absolute Gasteiger partial charge is 0.382 e. The van der Waals surface area contributed by atoms with Crippen LogP contribution in [0.4, 0.5) is 20.4 Å². The third-order valence-corrected chi connectivity index (χ3v) is 2.13. The Balaban J connectivity index is 2.02. The highest BCUT2D eigenvalue weighted by molar-refractivity contribution is 5.37. The van der Waals surface area contributed by atoms with Gasteiger partial charge in [-0.15, -0.1) is 0 Å². The zero-order valence-electron chi connectivity index (χ0n) is 8.82. The van der Waals surface area contributed by atoms with Crippen molar-refractivity contribution in [1.82, 2.24) is 9.97 Å². The Bertz CT molecular complexity index is 513. The van der Waals surface area contributed by atoms with E-state index in [2.05, 4.69) is 15.3 Å². The van der Waals surface area contributed by atoms with E-state index in [9.17, 15) is 8.78 Å². The van der Waals surface area contributed by atoms with Gasteiger partial charge in [-0.1, -0.05) is 6.07 Å². The molecule has 0 aliphatic carbocycles. The number of hydrogen-bond donors (Lipinski definition) is 2. The van der Waals surface area contributed by atoms with Crippen LogP contribution in [0.25, 0.3) is 0 Å². The second-order valence-electron chi connectivity index (χ2n) is 3.43. The van der Waals surface area contributed by atoms with E-state index in [1.165, 1.54) is 18.5 Å². The van der Waals surface area contributed by atoms with Crippen LogP contribution < -0.4 is 11.1 Å². The van der Waals surface area contributed by atoms with Gasteiger partial charge < -0.3 is 11.1 Å². The predicted octanol–water partition coefficient (Wildman–Crippen LogP) is 1.95. The van der Waals surface area contributed by atoms with Gasteiger partial charge >= 0.3 is 0 Å². The van der Waals surface area contributed by atoms with Crippen molar-refractivity contribution in [3.05, 3.63) is 47.8 Å². The van der Waals surface area contributed by atoms with E-state index in [0.717, 1.165) is 12.1 Å². The minimum Gasteiger partial charge on any atom is -0.382 e. The van der Waals surface area contributed by atoms with Gasteiger partial charge in [0.15, 0.2) is 11.6 Å². The minimum atomic E-state index is -0.868. The summed E-state index contributed by atoms with van der Waals surface area (Å²) < 4.78 is 25.6. The van der Waals surface area contributed by atoms with Gasteiger partial charge in [0.1, 0.15) is 11.6 Å². The van der Waals surface area contributed by atoms with Gasteiger partial charge in [-0.2, -0.15) is 0 Å². The number of nitrogens with two attached hydrogens (primary N) is 1. The Morgan fingerprint density at radius 3 is 2.59 bits per heavy atom. The van der Waals surface area contributed by atoms with Gasteiger partial charge in [-0.05, 0) is 17.7 Å². The van der Waals surface area contributed by atoms with Crippen molar-refractivity contribution in [3.63, 3.8) is 0 Å². The first-order valence-electron chi connectivity index (χ1n) is 4.90. The van der Waals surface area contributed by atoms with Crippen LogP contribution in [0, 0.1) is 11.6 Å². The molecule has 3 N–H and O–H groups in total. The molecular weight excluding hydrogens is 226 g/mol. The fraction of sp³-hybridized carbons (Fsp3) is 0.0909. The van der Waals surface area contributed by atoms with Gasteiger partial charge in [0.2, 0.25) is 0 Å². The molecule has 0 radical (unpaired) electrons. The number of rotatable bonds is 3. The van der Waals surface area contributed by atoms with Crippen LogP contribution in [-0.2, 0) is 6.54 Å². The first-order chi connectivity index (χ1) is 8.15. The monoisotopic (exact) mass is 236 g/mol. The molecule has 6 heteroatoms. The molecule has 0 spiro atoms. The summed E-state index contributed by atoms with van der Waals surface area (Å²) in [5.41, 5.74) is 5.99. The van der Waals surface area contributed by atoms with Crippen molar-refractivity contribution in [2.75, 3.05) is 11.1 Å². The smallest absolute Gasteiger partial charge is 0.159 e. The molecule has 0 saturated carbocycles. The lowest BCUT2D eigenvalue weighted by Crippen LogP contribution is -2.03. The molecule has 0 aliphatic heterocycles. The highest BCUT2D eigenvalue weighted by Crippen LogP contribution is 2.10. The van der Waals surface area contributed by atoms with Crippen molar-refractivity contribution >= 4 is 11.6 Å². The molecule has 0 bridgehead atoms. The zero-order chi connectivity index (χ0) is 12.3. The number of nitrogens with zero attached hydrogens (tertiary/aromatic N) is 2. The van der Waals surface area contributed by atoms with E-state index in [1.54, 1.807) is 0 Å². The third kappa shape index (κ3) is 2.87. The summed E-state index contributed by atoms with van der Waals surface area (Å²) in [6.07, 6.45) is 2.88. The van der Waals surface area contributed by atoms with Gasteiger partial charge in [-0.3, -0.25) is 0 Å². The molecule has 4 nitrogen and oxygen atoms in total. The van der Waals surface area contributed by atoms with E-state index >= 15 is 0 Å². The third-order valence-electron chi connectivity index (χ3n) is 2.13. The summed E-state index contributed by atoms with van der Waals surface area (Å²) in [6, 6.07) is 3.71. The van der Waals surface area contributed by atoms with Crippen LogP contribution in [0.5, 0.6) is 0 Å². The zero-order valence-corrected chi connectivity index (χ0v) is 8.82. The molecule has 2 aromatic rings. The molecule has 0 saturated heterocycles. The average molecular weight is 236 g/mol. The average Bonchev–Trinajstić information content (AvgIpc) is 2.33. The second kappa shape index (κ2) is 4.73. The molecule has 0 atom stereocenters. The number of nitrogen functional groups attached to an aromatic ring is 1. The van der Waals surface area contributed by atoms with Crippen LogP contribution in [0.1, 0.15) is 5.56 Å². The maximum absolute atomic E-state index is 12.9.